The number of hydrogen-bond donors (Lipinski definition) is 1. The molecule has 0 fully saturated rings. The number of aromatic nitrogens is 2. The molecule has 2 heterocycles. The lowest BCUT2D eigenvalue weighted by Gasteiger charge is -2.16. The van der Waals surface area contributed by atoms with Gasteiger partial charge in [-0.15, -0.1) is 0 Å². The van der Waals surface area contributed by atoms with Crippen LogP contribution in [0.3, 0.4) is 0 Å². The Labute approximate surface area is 328 Å². The molecule has 4 nitrogen and oxygen atoms in total. The topological polar surface area (TPSA) is 47.1 Å². The number of nitrogens with one attached hydrogen (secondary N) is 1. The smallest absolute Gasteiger partial charge is 0.119 e. The predicted molar refractivity (Wildman–Crippen MR) is 233 cm³/mol. The lowest BCUT2D eigenvalue weighted by molar-refractivity contribution is 0.233. The molecule has 4 heteroatoms. The third-order valence-corrected chi connectivity index (χ3v) is 11.3. The third kappa shape index (κ3) is 9.14. The van der Waals surface area contributed by atoms with Gasteiger partial charge < -0.3 is 14.5 Å². The van der Waals surface area contributed by atoms with Crippen LogP contribution in [0.2, 0.25) is 0 Å². The van der Waals surface area contributed by atoms with Gasteiger partial charge in [0, 0.05) is 33.6 Å². The molecule has 2 atom stereocenters. The Bertz CT molecular complexity index is 2250. The first-order valence-electron chi connectivity index (χ1n) is 20.6. The van der Waals surface area contributed by atoms with Crippen molar-refractivity contribution in [3.05, 3.63) is 128 Å². The van der Waals surface area contributed by atoms with Crippen LogP contribution in [0.15, 0.2) is 128 Å². The fourth-order valence-electron chi connectivity index (χ4n) is 7.64. The van der Waals surface area contributed by atoms with Gasteiger partial charge in [0.25, 0.3) is 0 Å². The van der Waals surface area contributed by atoms with Gasteiger partial charge in [0.2, 0.25) is 0 Å². The molecule has 55 heavy (non-hydrogen) atoms. The van der Waals surface area contributed by atoms with Crippen molar-refractivity contribution in [2.24, 2.45) is 11.8 Å². The van der Waals surface area contributed by atoms with Crippen molar-refractivity contribution in [1.82, 2.24) is 9.97 Å². The van der Waals surface area contributed by atoms with Crippen molar-refractivity contribution in [2.45, 2.75) is 79.1 Å². The lowest BCUT2D eigenvalue weighted by Crippen LogP contribution is -2.11. The van der Waals surface area contributed by atoms with Gasteiger partial charge in [0.05, 0.1) is 24.4 Å². The molecule has 5 aromatic carbocycles. The largest absolute Gasteiger partial charge is 0.493 e. The number of rotatable bonds is 18. The van der Waals surface area contributed by atoms with E-state index in [4.69, 9.17) is 9.47 Å². The Morgan fingerprint density at radius 1 is 0.527 bits per heavy atom. The summed E-state index contributed by atoms with van der Waals surface area (Å²) in [6.45, 7) is 10.6. The van der Waals surface area contributed by atoms with Gasteiger partial charge >= 0.3 is 0 Å². The summed E-state index contributed by atoms with van der Waals surface area (Å²) in [7, 11) is 0. The minimum Gasteiger partial charge on any atom is -0.493 e. The van der Waals surface area contributed by atoms with Crippen molar-refractivity contribution in [3.63, 3.8) is 0 Å². The molecule has 0 saturated heterocycles. The van der Waals surface area contributed by atoms with Crippen LogP contribution in [-0.4, -0.2) is 23.2 Å². The van der Waals surface area contributed by atoms with Gasteiger partial charge in [-0.1, -0.05) is 127 Å². The van der Waals surface area contributed by atoms with E-state index in [9.17, 15) is 0 Å². The molecule has 0 spiro atoms. The molecule has 0 bridgehead atoms. The highest BCUT2D eigenvalue weighted by Crippen LogP contribution is 2.40. The quantitative estimate of drug-likeness (QED) is 0.0957. The number of benzene rings is 5. The van der Waals surface area contributed by atoms with Gasteiger partial charge in [-0.05, 0) is 113 Å². The molecule has 0 radical (unpaired) electrons. The second-order valence-electron chi connectivity index (χ2n) is 15.1. The van der Waals surface area contributed by atoms with E-state index in [1.165, 1.54) is 77.1 Å². The first-order chi connectivity index (χ1) is 27.1. The highest BCUT2D eigenvalue weighted by Gasteiger charge is 2.16. The molecule has 0 aliphatic rings. The van der Waals surface area contributed by atoms with Crippen LogP contribution in [0.4, 0.5) is 0 Å². The van der Waals surface area contributed by atoms with Crippen LogP contribution < -0.4 is 9.47 Å². The van der Waals surface area contributed by atoms with Crippen molar-refractivity contribution >= 4 is 21.8 Å². The molecule has 0 aliphatic carbocycles. The number of fused-ring (bicyclic) bond motifs is 3. The minimum absolute atomic E-state index is 0.598. The number of ether oxygens (including phenoxy) is 2. The molecule has 2 aromatic heterocycles. The number of H-pyrrole nitrogens is 1. The molecule has 1 N–H and O–H groups in total. The van der Waals surface area contributed by atoms with Gasteiger partial charge in [0.15, 0.2) is 0 Å². The molecule has 0 aliphatic heterocycles. The Hall–Kier alpha value is -5.35. The molecule has 0 saturated carbocycles. The minimum atomic E-state index is 0.598. The van der Waals surface area contributed by atoms with Gasteiger partial charge in [0.1, 0.15) is 11.5 Å². The van der Waals surface area contributed by atoms with Gasteiger partial charge in [-0.2, -0.15) is 0 Å². The summed E-state index contributed by atoms with van der Waals surface area (Å²) in [5.41, 5.74) is 11.4. The van der Waals surface area contributed by atoms with Crippen molar-refractivity contribution in [3.8, 4) is 56.1 Å². The number of aromatic amines is 1. The zero-order chi connectivity index (χ0) is 38.0. The average Bonchev–Trinajstić information content (AvgIpc) is 3.62. The molecule has 2 unspecified atom stereocenters. The number of nitrogens with zero attached hydrogens (tertiary/aromatic N) is 1. The van der Waals surface area contributed by atoms with E-state index in [1.807, 2.05) is 18.3 Å². The first-order valence-corrected chi connectivity index (χ1v) is 20.6. The van der Waals surface area contributed by atoms with Crippen LogP contribution in [-0.2, 0) is 0 Å². The van der Waals surface area contributed by atoms with Crippen molar-refractivity contribution in [2.75, 3.05) is 13.2 Å². The Balaban J connectivity index is 1.22. The first kappa shape index (κ1) is 37.9. The summed E-state index contributed by atoms with van der Waals surface area (Å²) in [6.07, 6.45) is 11.6. The molecule has 7 aromatic rings. The summed E-state index contributed by atoms with van der Waals surface area (Å²) in [6, 6.07) is 43.5. The molecular formula is C51H56N2O2. The van der Waals surface area contributed by atoms with E-state index in [0.29, 0.717) is 11.8 Å². The zero-order valence-corrected chi connectivity index (χ0v) is 33.1. The van der Waals surface area contributed by atoms with E-state index in [1.54, 1.807) is 0 Å². The zero-order valence-electron chi connectivity index (χ0n) is 33.1. The average molecular weight is 729 g/mol. The Morgan fingerprint density at radius 3 is 1.64 bits per heavy atom. The monoisotopic (exact) mass is 728 g/mol. The number of hydrogen-bond acceptors (Lipinski definition) is 3. The molecule has 282 valence electrons. The van der Waals surface area contributed by atoms with Crippen molar-refractivity contribution in [1.29, 1.82) is 0 Å². The number of unbranched alkanes of at least 4 members (excludes halogenated alkanes) is 2. The fraction of sp³-hybridized carbons (Fsp3) is 0.314. The Kier molecular flexibility index (Phi) is 12.6. The summed E-state index contributed by atoms with van der Waals surface area (Å²) >= 11 is 0. The highest BCUT2D eigenvalue weighted by atomic mass is 16.5. The summed E-state index contributed by atoms with van der Waals surface area (Å²) in [5.74, 6) is 3.08. The maximum atomic E-state index is 6.29. The molecule has 0 amide bonds. The van der Waals surface area contributed by atoms with Crippen molar-refractivity contribution < 1.29 is 9.47 Å². The highest BCUT2D eigenvalue weighted by molar-refractivity contribution is 6.14. The predicted octanol–water partition coefficient (Wildman–Crippen LogP) is 14.6. The maximum absolute atomic E-state index is 6.29. The van der Waals surface area contributed by atoms with E-state index < -0.39 is 0 Å². The fourth-order valence-corrected chi connectivity index (χ4v) is 7.64. The van der Waals surface area contributed by atoms with Gasteiger partial charge in [-0.3, -0.25) is 4.98 Å². The van der Waals surface area contributed by atoms with Gasteiger partial charge in [-0.25, -0.2) is 0 Å². The lowest BCUT2D eigenvalue weighted by atomic mass is 9.94. The van der Waals surface area contributed by atoms with E-state index in [-0.39, 0.29) is 0 Å². The summed E-state index contributed by atoms with van der Waals surface area (Å²) in [5, 5.41) is 2.42. The molecular weight excluding hydrogens is 673 g/mol. The van der Waals surface area contributed by atoms with Crippen LogP contribution in [0.1, 0.15) is 79.1 Å². The van der Waals surface area contributed by atoms with E-state index >= 15 is 0 Å². The number of pyridine rings is 1. The third-order valence-electron chi connectivity index (χ3n) is 11.3. The second kappa shape index (κ2) is 18.3. The Morgan fingerprint density at radius 2 is 1.07 bits per heavy atom. The SMILES string of the molecule is CCCCC(CC)COc1ccc(-c2ccc3[nH]c4c(-c5ccc(-c6ccccn6)cc5)cc(-c5ccc(OCC(CC)CCCC)cc5)cc4c3c2)cc1. The van der Waals surface area contributed by atoms with E-state index in [2.05, 4.69) is 147 Å². The van der Waals surface area contributed by atoms with Crippen LogP contribution in [0.5, 0.6) is 11.5 Å². The van der Waals surface area contributed by atoms with Crippen LogP contribution >= 0.6 is 0 Å². The maximum Gasteiger partial charge on any atom is 0.119 e. The standard InChI is InChI=1S/C51H56N2O2/c1-5-9-13-36(7-3)34-54-44-25-20-38(21-26-44)42-24-29-50-47(31-42)48-33-43(39-22-27-45(28-23-39)55-35-37(8-4)14-10-6-2)32-46(51(48)53-50)40-16-18-41(19-17-40)49-15-11-12-30-52-49/h11-12,15-33,36-37,53H,5-10,13-14,34-35H2,1-4H3. The summed E-state index contributed by atoms with van der Waals surface area (Å²) < 4.78 is 12.5. The summed E-state index contributed by atoms with van der Waals surface area (Å²) in [4.78, 5) is 8.38. The van der Waals surface area contributed by atoms with E-state index in [0.717, 1.165) is 65.4 Å². The molecule has 7 rings (SSSR count). The normalized spacial score (nSPS) is 12.6. The second-order valence-corrected chi connectivity index (χ2v) is 15.1. The van der Waals surface area contributed by atoms with Crippen LogP contribution in [0, 0.1) is 11.8 Å². The van der Waals surface area contributed by atoms with Crippen LogP contribution in [0.25, 0.3) is 66.4 Å².